The summed E-state index contributed by atoms with van der Waals surface area (Å²) in [7, 11) is 1.32. The second-order valence-electron chi connectivity index (χ2n) is 4.99. The van der Waals surface area contributed by atoms with E-state index in [9.17, 15) is 14.4 Å². The van der Waals surface area contributed by atoms with Crippen LogP contribution < -0.4 is 5.32 Å². The Hall–Kier alpha value is -1.63. The Morgan fingerprint density at radius 3 is 2.67 bits per heavy atom. The minimum Gasteiger partial charge on any atom is -0.469 e. The van der Waals surface area contributed by atoms with E-state index in [0.717, 1.165) is 12.8 Å². The molecule has 1 saturated heterocycles. The van der Waals surface area contributed by atoms with Crippen molar-refractivity contribution < 1.29 is 23.9 Å². The standard InChI is InChI=1S/C14H24N2O5/c1-11(17)15-7-4-8-16(9-6-13(18)20-2)14(19)12-5-3-10-21-12/h12H,3-10H2,1-2H3,(H,15,17). The average molecular weight is 300 g/mol. The Bertz CT molecular complexity index is 366. The maximum atomic E-state index is 12.3. The Morgan fingerprint density at radius 1 is 1.33 bits per heavy atom. The van der Waals surface area contributed by atoms with Gasteiger partial charge in [0.05, 0.1) is 13.5 Å². The maximum absolute atomic E-state index is 12.3. The molecule has 1 N–H and O–H groups in total. The number of hydrogen-bond acceptors (Lipinski definition) is 5. The molecule has 7 heteroatoms. The van der Waals surface area contributed by atoms with Gasteiger partial charge in [0.25, 0.3) is 5.91 Å². The molecule has 0 aromatic carbocycles. The molecular formula is C14H24N2O5. The van der Waals surface area contributed by atoms with Crippen LogP contribution in [-0.4, -0.2) is 62.1 Å². The van der Waals surface area contributed by atoms with E-state index in [0.29, 0.717) is 32.7 Å². The zero-order valence-corrected chi connectivity index (χ0v) is 12.7. The summed E-state index contributed by atoms with van der Waals surface area (Å²) in [6, 6.07) is 0. The van der Waals surface area contributed by atoms with Crippen LogP contribution in [0.25, 0.3) is 0 Å². The Kier molecular flexibility index (Phi) is 7.74. The molecule has 21 heavy (non-hydrogen) atoms. The fourth-order valence-electron chi connectivity index (χ4n) is 2.17. The van der Waals surface area contributed by atoms with E-state index in [1.807, 2.05) is 0 Å². The van der Waals surface area contributed by atoms with Gasteiger partial charge >= 0.3 is 5.97 Å². The van der Waals surface area contributed by atoms with Crippen LogP contribution in [0.1, 0.15) is 32.6 Å². The number of esters is 1. The first-order valence-corrected chi connectivity index (χ1v) is 7.26. The molecule has 1 unspecified atom stereocenters. The van der Waals surface area contributed by atoms with Crippen LogP contribution in [0.2, 0.25) is 0 Å². The highest BCUT2D eigenvalue weighted by Gasteiger charge is 2.28. The molecule has 1 atom stereocenters. The van der Waals surface area contributed by atoms with Gasteiger partial charge in [-0.15, -0.1) is 0 Å². The third kappa shape index (κ3) is 6.57. The van der Waals surface area contributed by atoms with Crippen molar-refractivity contribution in [2.24, 2.45) is 0 Å². The smallest absolute Gasteiger partial charge is 0.307 e. The van der Waals surface area contributed by atoms with Crippen LogP contribution >= 0.6 is 0 Å². The summed E-state index contributed by atoms with van der Waals surface area (Å²) in [4.78, 5) is 36.0. The highest BCUT2D eigenvalue weighted by molar-refractivity contribution is 5.81. The Morgan fingerprint density at radius 2 is 2.10 bits per heavy atom. The van der Waals surface area contributed by atoms with Crippen LogP contribution in [0, 0.1) is 0 Å². The van der Waals surface area contributed by atoms with Gasteiger partial charge in [-0.05, 0) is 19.3 Å². The van der Waals surface area contributed by atoms with Gasteiger partial charge in [0.15, 0.2) is 0 Å². The van der Waals surface area contributed by atoms with Crippen LogP contribution in [0.3, 0.4) is 0 Å². The molecule has 0 radical (unpaired) electrons. The summed E-state index contributed by atoms with van der Waals surface area (Å²) in [5.74, 6) is -0.525. The SMILES string of the molecule is COC(=O)CCN(CCCNC(C)=O)C(=O)C1CCCO1. The number of carbonyl (C=O) groups is 3. The zero-order valence-electron chi connectivity index (χ0n) is 12.7. The van der Waals surface area contributed by atoms with Crippen LogP contribution in [0.5, 0.6) is 0 Å². The summed E-state index contributed by atoms with van der Waals surface area (Å²) in [6.07, 6.45) is 2.00. The minimum atomic E-state index is -0.400. The van der Waals surface area contributed by atoms with Gasteiger partial charge in [-0.25, -0.2) is 0 Å². The number of rotatable bonds is 8. The molecule has 1 aliphatic rings. The van der Waals surface area contributed by atoms with E-state index in [1.54, 1.807) is 4.90 Å². The number of nitrogens with one attached hydrogen (secondary N) is 1. The number of hydrogen-bond donors (Lipinski definition) is 1. The van der Waals surface area contributed by atoms with Crippen molar-refractivity contribution in [2.75, 3.05) is 33.4 Å². The first-order valence-electron chi connectivity index (χ1n) is 7.26. The van der Waals surface area contributed by atoms with Gasteiger partial charge in [0.1, 0.15) is 6.10 Å². The predicted molar refractivity (Wildman–Crippen MR) is 75.5 cm³/mol. The first kappa shape index (κ1) is 17.4. The predicted octanol–water partition coefficient (Wildman–Crippen LogP) is 0.0833. The highest BCUT2D eigenvalue weighted by atomic mass is 16.5. The summed E-state index contributed by atoms with van der Waals surface area (Å²) in [5, 5.41) is 2.69. The highest BCUT2D eigenvalue weighted by Crippen LogP contribution is 2.15. The Labute approximate surface area is 124 Å². The second-order valence-corrected chi connectivity index (χ2v) is 4.99. The van der Waals surface area contributed by atoms with Gasteiger partial charge in [-0.2, -0.15) is 0 Å². The van der Waals surface area contributed by atoms with Gasteiger partial charge in [-0.3, -0.25) is 14.4 Å². The molecule has 0 aromatic rings. The van der Waals surface area contributed by atoms with Crippen LogP contribution in [0.15, 0.2) is 0 Å². The van der Waals surface area contributed by atoms with E-state index in [-0.39, 0.29) is 24.2 Å². The summed E-state index contributed by atoms with van der Waals surface area (Å²) >= 11 is 0. The van der Waals surface area contributed by atoms with Crippen molar-refractivity contribution in [3.63, 3.8) is 0 Å². The molecule has 0 saturated carbocycles. The molecular weight excluding hydrogens is 276 g/mol. The van der Waals surface area contributed by atoms with Crippen molar-refractivity contribution in [3.8, 4) is 0 Å². The monoisotopic (exact) mass is 300 g/mol. The molecule has 0 bridgehead atoms. The van der Waals surface area contributed by atoms with Crippen molar-refractivity contribution in [1.29, 1.82) is 0 Å². The number of amides is 2. The molecule has 0 aliphatic carbocycles. The lowest BCUT2D eigenvalue weighted by molar-refractivity contribution is -0.144. The van der Waals surface area contributed by atoms with Gasteiger partial charge in [-0.1, -0.05) is 0 Å². The fourth-order valence-corrected chi connectivity index (χ4v) is 2.17. The van der Waals surface area contributed by atoms with E-state index in [2.05, 4.69) is 10.1 Å². The van der Waals surface area contributed by atoms with Crippen molar-refractivity contribution >= 4 is 17.8 Å². The van der Waals surface area contributed by atoms with Gasteiger partial charge in [0, 0.05) is 33.2 Å². The lowest BCUT2D eigenvalue weighted by Gasteiger charge is -2.25. The molecule has 1 heterocycles. The summed E-state index contributed by atoms with van der Waals surface area (Å²) in [5.41, 5.74) is 0. The first-order chi connectivity index (χ1) is 10.0. The zero-order chi connectivity index (χ0) is 15.7. The van der Waals surface area contributed by atoms with E-state index < -0.39 is 6.10 Å². The Balaban J connectivity index is 2.45. The normalized spacial score (nSPS) is 17.3. The van der Waals surface area contributed by atoms with Crippen molar-refractivity contribution in [1.82, 2.24) is 10.2 Å². The number of methoxy groups -OCH3 is 1. The van der Waals surface area contributed by atoms with E-state index >= 15 is 0 Å². The van der Waals surface area contributed by atoms with Crippen LogP contribution in [0.4, 0.5) is 0 Å². The van der Waals surface area contributed by atoms with E-state index in [4.69, 9.17) is 4.74 Å². The molecule has 120 valence electrons. The van der Waals surface area contributed by atoms with Gasteiger partial charge in [0.2, 0.25) is 5.91 Å². The number of carbonyl (C=O) groups excluding carboxylic acids is 3. The minimum absolute atomic E-state index is 0.0840. The van der Waals surface area contributed by atoms with E-state index in [1.165, 1.54) is 14.0 Å². The lowest BCUT2D eigenvalue weighted by atomic mass is 10.2. The quantitative estimate of drug-likeness (QED) is 0.507. The summed E-state index contributed by atoms with van der Waals surface area (Å²) < 4.78 is 9.99. The maximum Gasteiger partial charge on any atom is 0.307 e. The topological polar surface area (TPSA) is 84.9 Å². The molecule has 2 amide bonds. The molecule has 0 spiro atoms. The lowest BCUT2D eigenvalue weighted by Crippen LogP contribution is -2.41. The second kappa shape index (κ2) is 9.33. The number of ether oxygens (including phenoxy) is 2. The number of nitrogens with zero attached hydrogens (tertiary/aromatic N) is 1. The molecule has 1 aliphatic heterocycles. The third-order valence-corrected chi connectivity index (χ3v) is 3.31. The third-order valence-electron chi connectivity index (χ3n) is 3.31. The fraction of sp³-hybridized carbons (Fsp3) is 0.786. The molecule has 7 nitrogen and oxygen atoms in total. The summed E-state index contributed by atoms with van der Waals surface area (Å²) in [6.45, 7) is 3.35. The molecule has 1 rings (SSSR count). The largest absolute Gasteiger partial charge is 0.469 e. The molecule has 1 fully saturated rings. The molecule has 0 aromatic heterocycles. The van der Waals surface area contributed by atoms with Crippen LogP contribution in [-0.2, 0) is 23.9 Å². The van der Waals surface area contributed by atoms with Crippen molar-refractivity contribution in [3.05, 3.63) is 0 Å². The van der Waals surface area contributed by atoms with Gasteiger partial charge < -0.3 is 19.7 Å². The average Bonchev–Trinajstić information content (AvgIpc) is 2.99. The van der Waals surface area contributed by atoms with Crippen molar-refractivity contribution in [2.45, 2.75) is 38.7 Å².